The number of nitrogens with zero attached hydrogens (tertiary/aromatic N) is 1. The topological polar surface area (TPSA) is 86.2 Å². The van der Waals surface area contributed by atoms with Crippen LogP contribution in [-0.2, 0) is 11.2 Å². The predicted octanol–water partition coefficient (Wildman–Crippen LogP) is 5.24. The highest BCUT2D eigenvalue weighted by atomic mass is 79.9. The average molecular weight is 537 g/mol. The van der Waals surface area contributed by atoms with Crippen molar-refractivity contribution in [1.82, 2.24) is 5.43 Å². The van der Waals surface area contributed by atoms with Gasteiger partial charge in [-0.05, 0) is 61.4 Å². The summed E-state index contributed by atoms with van der Waals surface area (Å²) in [5.74, 6) is 0.313. The lowest BCUT2D eigenvalue weighted by Crippen LogP contribution is -2.24. The number of rotatable bonds is 10. The van der Waals surface area contributed by atoms with Crippen LogP contribution in [0.5, 0.6) is 17.2 Å². The highest BCUT2D eigenvalue weighted by Crippen LogP contribution is 2.28. The van der Waals surface area contributed by atoms with E-state index in [1.165, 1.54) is 13.3 Å². The Morgan fingerprint density at radius 1 is 1.06 bits per heavy atom. The largest absolute Gasteiger partial charge is 0.493 e. The third kappa shape index (κ3) is 7.55. The van der Waals surface area contributed by atoms with Crippen molar-refractivity contribution in [2.75, 3.05) is 13.7 Å². The summed E-state index contributed by atoms with van der Waals surface area (Å²) in [4.78, 5) is 24.8. The Hall–Kier alpha value is -3.91. The molecule has 3 aromatic carbocycles. The van der Waals surface area contributed by atoms with Gasteiger partial charge in [-0.15, -0.1) is 6.58 Å². The molecule has 3 aromatic rings. The zero-order valence-electron chi connectivity index (χ0n) is 19.4. The van der Waals surface area contributed by atoms with E-state index in [2.05, 4.69) is 33.0 Å². The van der Waals surface area contributed by atoms with Gasteiger partial charge in [0, 0.05) is 10.0 Å². The molecule has 0 bridgehead atoms. The fourth-order valence-electron chi connectivity index (χ4n) is 3.12. The van der Waals surface area contributed by atoms with Gasteiger partial charge in [-0.3, -0.25) is 4.79 Å². The number of hydrogen-bond donors (Lipinski definition) is 1. The van der Waals surface area contributed by atoms with Gasteiger partial charge >= 0.3 is 5.97 Å². The van der Waals surface area contributed by atoms with Crippen molar-refractivity contribution >= 4 is 34.0 Å². The van der Waals surface area contributed by atoms with Crippen LogP contribution >= 0.6 is 15.9 Å². The van der Waals surface area contributed by atoms with E-state index in [0.29, 0.717) is 34.8 Å². The molecular formula is C27H25BrN2O5. The molecular weight excluding hydrogens is 512 g/mol. The van der Waals surface area contributed by atoms with E-state index < -0.39 is 11.9 Å². The molecule has 0 fully saturated rings. The molecule has 1 N–H and O–H groups in total. The summed E-state index contributed by atoms with van der Waals surface area (Å²) >= 11 is 3.39. The van der Waals surface area contributed by atoms with E-state index in [-0.39, 0.29) is 6.61 Å². The summed E-state index contributed by atoms with van der Waals surface area (Å²) in [5, 5.41) is 3.97. The zero-order valence-corrected chi connectivity index (χ0v) is 21.0. The maximum Gasteiger partial charge on any atom is 0.343 e. The monoisotopic (exact) mass is 536 g/mol. The molecule has 0 spiro atoms. The van der Waals surface area contributed by atoms with Crippen molar-refractivity contribution in [3.05, 3.63) is 100 Å². The molecule has 0 saturated heterocycles. The number of ether oxygens (including phenoxy) is 3. The normalized spacial score (nSPS) is 10.6. The van der Waals surface area contributed by atoms with Gasteiger partial charge in [0.2, 0.25) is 0 Å². The van der Waals surface area contributed by atoms with Crippen LogP contribution in [0.2, 0.25) is 0 Å². The number of halogens is 1. The van der Waals surface area contributed by atoms with Gasteiger partial charge < -0.3 is 14.2 Å². The predicted molar refractivity (Wildman–Crippen MR) is 138 cm³/mol. The summed E-state index contributed by atoms with van der Waals surface area (Å²) in [5.41, 5.74) is 5.32. The maximum absolute atomic E-state index is 12.5. The summed E-state index contributed by atoms with van der Waals surface area (Å²) in [7, 11) is 1.53. The second kappa shape index (κ2) is 12.5. The first kappa shape index (κ1) is 25.7. The van der Waals surface area contributed by atoms with E-state index in [0.717, 1.165) is 15.6 Å². The minimum Gasteiger partial charge on any atom is -0.493 e. The van der Waals surface area contributed by atoms with Gasteiger partial charge in [0.15, 0.2) is 18.1 Å². The van der Waals surface area contributed by atoms with E-state index >= 15 is 0 Å². The van der Waals surface area contributed by atoms with Crippen LogP contribution in [-0.4, -0.2) is 31.8 Å². The van der Waals surface area contributed by atoms with Crippen molar-refractivity contribution in [2.45, 2.75) is 13.3 Å². The van der Waals surface area contributed by atoms with Gasteiger partial charge in [0.25, 0.3) is 5.91 Å². The number of hydrazone groups is 1. The van der Waals surface area contributed by atoms with Gasteiger partial charge in [-0.1, -0.05) is 45.8 Å². The number of carbonyl (C=O) groups is 2. The smallest absolute Gasteiger partial charge is 0.343 e. The summed E-state index contributed by atoms with van der Waals surface area (Å²) in [6, 6.07) is 17.7. The molecule has 3 rings (SSSR count). The van der Waals surface area contributed by atoms with Crippen molar-refractivity contribution in [2.24, 2.45) is 5.10 Å². The Bertz CT molecular complexity index is 1260. The summed E-state index contributed by atoms with van der Waals surface area (Å²) < 4.78 is 17.2. The molecule has 0 heterocycles. The Morgan fingerprint density at radius 2 is 1.86 bits per heavy atom. The van der Waals surface area contributed by atoms with Crippen LogP contribution in [0.15, 0.2) is 82.9 Å². The number of benzene rings is 3. The lowest BCUT2D eigenvalue weighted by molar-refractivity contribution is -0.123. The van der Waals surface area contributed by atoms with Crippen molar-refractivity contribution in [3.63, 3.8) is 0 Å². The third-order valence-electron chi connectivity index (χ3n) is 4.79. The first-order valence-corrected chi connectivity index (χ1v) is 11.5. The lowest BCUT2D eigenvalue weighted by atomic mass is 10.1. The first-order chi connectivity index (χ1) is 16.9. The fraction of sp³-hybridized carbons (Fsp3) is 0.148. The second-order valence-electron chi connectivity index (χ2n) is 7.50. The van der Waals surface area contributed by atoms with Gasteiger partial charge in [-0.25, -0.2) is 10.2 Å². The number of esters is 1. The minimum absolute atomic E-state index is 0.262. The van der Waals surface area contributed by atoms with E-state index in [4.69, 9.17) is 14.2 Å². The molecule has 0 radical (unpaired) electrons. The Balaban J connectivity index is 1.62. The standard InChI is InChI=1S/C27H25BrN2O5/c1-4-6-19-9-11-24(25(14-19)33-3)34-17-26(31)30-29-16-21-15-22(28)10-12-23(21)35-27(32)20-8-5-7-18(2)13-20/h4-5,7-16H,1,6,17H2,2-3H3,(H,30,31)/b29-16+. The van der Waals surface area contributed by atoms with Crippen LogP contribution < -0.4 is 19.6 Å². The zero-order chi connectivity index (χ0) is 25.2. The molecule has 0 saturated carbocycles. The number of aryl methyl sites for hydroxylation is 1. The number of amides is 1. The number of methoxy groups -OCH3 is 1. The molecule has 0 aliphatic carbocycles. The van der Waals surface area contributed by atoms with Crippen LogP contribution in [0.3, 0.4) is 0 Å². The Kier molecular flexibility index (Phi) is 9.20. The summed E-state index contributed by atoms with van der Waals surface area (Å²) in [6.07, 6.45) is 3.89. The maximum atomic E-state index is 12.5. The highest BCUT2D eigenvalue weighted by molar-refractivity contribution is 9.10. The van der Waals surface area contributed by atoms with Crippen molar-refractivity contribution in [3.8, 4) is 17.2 Å². The molecule has 0 atom stereocenters. The van der Waals surface area contributed by atoms with Crippen LogP contribution in [0.1, 0.15) is 27.0 Å². The van der Waals surface area contributed by atoms with Crippen molar-refractivity contribution < 1.29 is 23.8 Å². The van der Waals surface area contributed by atoms with E-state index in [1.807, 2.05) is 25.1 Å². The fourth-order valence-corrected chi connectivity index (χ4v) is 3.50. The second-order valence-corrected chi connectivity index (χ2v) is 8.42. The Morgan fingerprint density at radius 3 is 2.60 bits per heavy atom. The highest BCUT2D eigenvalue weighted by Gasteiger charge is 2.12. The molecule has 1 amide bonds. The Labute approximate surface area is 212 Å². The molecule has 0 aliphatic heterocycles. The molecule has 35 heavy (non-hydrogen) atoms. The first-order valence-electron chi connectivity index (χ1n) is 10.7. The summed E-state index contributed by atoms with van der Waals surface area (Å²) in [6.45, 7) is 5.36. The number of carbonyl (C=O) groups excluding carboxylic acids is 2. The molecule has 0 aliphatic rings. The van der Waals surface area contributed by atoms with Gasteiger partial charge in [0.1, 0.15) is 5.75 Å². The van der Waals surface area contributed by atoms with E-state index in [1.54, 1.807) is 48.5 Å². The number of allylic oxidation sites excluding steroid dienone is 1. The number of nitrogens with one attached hydrogen (secondary N) is 1. The quantitative estimate of drug-likeness (QED) is 0.126. The SMILES string of the molecule is C=CCc1ccc(OCC(=O)N/N=C/c2cc(Br)ccc2OC(=O)c2cccc(C)c2)c(OC)c1. The molecule has 8 heteroatoms. The van der Waals surface area contributed by atoms with Gasteiger partial charge in [-0.2, -0.15) is 5.10 Å². The van der Waals surface area contributed by atoms with Crippen LogP contribution in [0.4, 0.5) is 0 Å². The van der Waals surface area contributed by atoms with Crippen LogP contribution in [0, 0.1) is 6.92 Å². The molecule has 0 aromatic heterocycles. The molecule has 0 unspecified atom stereocenters. The lowest BCUT2D eigenvalue weighted by Gasteiger charge is -2.11. The van der Waals surface area contributed by atoms with Gasteiger partial charge in [0.05, 0.1) is 18.9 Å². The molecule has 180 valence electrons. The minimum atomic E-state index is -0.490. The molecule has 7 nitrogen and oxygen atoms in total. The third-order valence-corrected chi connectivity index (χ3v) is 5.28. The van der Waals surface area contributed by atoms with E-state index in [9.17, 15) is 9.59 Å². The van der Waals surface area contributed by atoms with Crippen LogP contribution in [0.25, 0.3) is 0 Å². The number of hydrogen-bond acceptors (Lipinski definition) is 6. The average Bonchev–Trinajstić information content (AvgIpc) is 2.84. The van der Waals surface area contributed by atoms with Crippen molar-refractivity contribution in [1.29, 1.82) is 0 Å².